The summed E-state index contributed by atoms with van der Waals surface area (Å²) in [7, 11) is 0. The molecule has 3 rings (SSSR count). The Labute approximate surface area is 119 Å². The number of hydrogen-bond donors (Lipinski definition) is 2. The van der Waals surface area contributed by atoms with E-state index >= 15 is 0 Å². The van der Waals surface area contributed by atoms with E-state index in [1.807, 2.05) is 24.3 Å². The highest BCUT2D eigenvalue weighted by Gasteiger charge is 2.34. The third-order valence-electron chi connectivity index (χ3n) is 3.31. The van der Waals surface area contributed by atoms with Crippen LogP contribution in [-0.2, 0) is 4.79 Å². The Morgan fingerprint density at radius 3 is 2.95 bits per heavy atom. The molecule has 1 aromatic carbocycles. The van der Waals surface area contributed by atoms with Gasteiger partial charge < -0.3 is 10.0 Å². The summed E-state index contributed by atoms with van der Waals surface area (Å²) in [5.41, 5.74) is 0.823. The maximum Gasteiger partial charge on any atom is 0.326 e. The van der Waals surface area contributed by atoms with E-state index in [1.54, 1.807) is 0 Å². The van der Waals surface area contributed by atoms with Crippen LogP contribution in [0.4, 0.5) is 9.93 Å². The molecule has 1 aromatic heterocycles. The zero-order valence-corrected chi connectivity index (χ0v) is 11.4. The van der Waals surface area contributed by atoms with Crippen molar-refractivity contribution in [3.8, 4) is 0 Å². The summed E-state index contributed by atoms with van der Waals surface area (Å²) in [6, 6.07) is 6.47. The first-order valence-electron chi connectivity index (χ1n) is 6.31. The Balaban J connectivity index is 1.76. The number of carboxylic acid groups (broad SMARTS) is 1. The summed E-state index contributed by atoms with van der Waals surface area (Å²) in [4.78, 5) is 28.9. The summed E-state index contributed by atoms with van der Waals surface area (Å²) in [5, 5.41) is 12.3. The molecule has 0 unspecified atom stereocenters. The number of benzene rings is 1. The van der Waals surface area contributed by atoms with Gasteiger partial charge >= 0.3 is 12.0 Å². The SMILES string of the molecule is O=C(O)[C@@H]1CCCN1C(=O)Nc1nc2ccccc2s1. The third kappa shape index (κ3) is 2.32. The fraction of sp³-hybridized carbons (Fsp3) is 0.308. The normalized spacial score (nSPS) is 18.4. The monoisotopic (exact) mass is 291 g/mol. The van der Waals surface area contributed by atoms with Crippen LogP contribution < -0.4 is 5.32 Å². The van der Waals surface area contributed by atoms with E-state index in [9.17, 15) is 9.59 Å². The molecule has 20 heavy (non-hydrogen) atoms. The van der Waals surface area contributed by atoms with Gasteiger partial charge in [0.15, 0.2) is 5.13 Å². The smallest absolute Gasteiger partial charge is 0.326 e. The second-order valence-corrected chi connectivity index (χ2v) is 5.64. The fourth-order valence-electron chi connectivity index (χ4n) is 2.36. The fourth-order valence-corrected chi connectivity index (χ4v) is 3.21. The van der Waals surface area contributed by atoms with Crippen molar-refractivity contribution >= 4 is 38.7 Å². The van der Waals surface area contributed by atoms with Crippen molar-refractivity contribution in [1.29, 1.82) is 0 Å². The van der Waals surface area contributed by atoms with Crippen molar-refractivity contribution in [2.75, 3.05) is 11.9 Å². The molecule has 0 bridgehead atoms. The molecule has 1 atom stereocenters. The molecule has 2 aromatic rings. The van der Waals surface area contributed by atoms with Crippen LogP contribution in [0.15, 0.2) is 24.3 Å². The number of para-hydroxylation sites is 1. The number of carboxylic acids is 1. The Kier molecular flexibility index (Phi) is 3.27. The molecule has 6 nitrogen and oxygen atoms in total. The molecule has 1 aliphatic heterocycles. The second kappa shape index (κ2) is 5.09. The number of likely N-dealkylation sites (tertiary alicyclic amines) is 1. The first-order chi connectivity index (χ1) is 9.65. The van der Waals surface area contributed by atoms with Gasteiger partial charge in [-0.3, -0.25) is 5.32 Å². The van der Waals surface area contributed by atoms with Crippen LogP contribution >= 0.6 is 11.3 Å². The number of fused-ring (bicyclic) bond motifs is 1. The number of rotatable bonds is 2. The van der Waals surface area contributed by atoms with Gasteiger partial charge in [0, 0.05) is 6.54 Å². The lowest BCUT2D eigenvalue weighted by molar-refractivity contribution is -0.141. The molecular weight excluding hydrogens is 278 g/mol. The van der Waals surface area contributed by atoms with E-state index < -0.39 is 18.0 Å². The van der Waals surface area contributed by atoms with Crippen molar-refractivity contribution in [2.45, 2.75) is 18.9 Å². The number of aliphatic carboxylic acids is 1. The molecule has 2 heterocycles. The summed E-state index contributed by atoms with van der Waals surface area (Å²) in [5.74, 6) is -0.957. The maximum atomic E-state index is 12.1. The van der Waals surface area contributed by atoms with Crippen LogP contribution in [0.2, 0.25) is 0 Å². The van der Waals surface area contributed by atoms with Crippen LogP contribution in [-0.4, -0.2) is 39.6 Å². The molecule has 0 spiro atoms. The molecule has 0 saturated carbocycles. The molecular formula is C13H13N3O3S. The van der Waals surface area contributed by atoms with E-state index in [0.717, 1.165) is 10.2 Å². The zero-order valence-electron chi connectivity index (χ0n) is 10.6. The lowest BCUT2D eigenvalue weighted by Gasteiger charge is -2.20. The Morgan fingerprint density at radius 2 is 2.20 bits per heavy atom. The van der Waals surface area contributed by atoms with Gasteiger partial charge in [-0.25, -0.2) is 14.6 Å². The second-order valence-electron chi connectivity index (χ2n) is 4.61. The van der Waals surface area contributed by atoms with Gasteiger partial charge in [0.25, 0.3) is 0 Å². The third-order valence-corrected chi connectivity index (χ3v) is 4.26. The number of carbonyl (C=O) groups excluding carboxylic acids is 1. The number of hydrogen-bond acceptors (Lipinski definition) is 4. The average molecular weight is 291 g/mol. The van der Waals surface area contributed by atoms with Gasteiger partial charge in [0.1, 0.15) is 6.04 Å². The number of thiazole rings is 1. The number of anilines is 1. The molecule has 7 heteroatoms. The standard InChI is InChI=1S/C13H13N3O3S/c17-11(18)9-5-3-7-16(9)13(19)15-12-14-8-4-1-2-6-10(8)20-12/h1-2,4,6,9H,3,5,7H2,(H,17,18)(H,14,15,19)/t9-/m0/s1. The average Bonchev–Trinajstić information content (AvgIpc) is 3.04. The number of nitrogens with zero attached hydrogens (tertiary/aromatic N) is 2. The number of aromatic nitrogens is 1. The van der Waals surface area contributed by atoms with Crippen LogP contribution in [0.1, 0.15) is 12.8 Å². The predicted molar refractivity (Wildman–Crippen MR) is 76.0 cm³/mol. The van der Waals surface area contributed by atoms with Gasteiger partial charge in [-0.15, -0.1) is 0 Å². The Hall–Kier alpha value is -2.15. The predicted octanol–water partition coefficient (Wildman–Crippen LogP) is 2.38. The van der Waals surface area contributed by atoms with Crippen molar-refractivity contribution in [2.24, 2.45) is 0 Å². The van der Waals surface area contributed by atoms with Crippen LogP contribution in [0.25, 0.3) is 10.2 Å². The number of carbonyl (C=O) groups is 2. The van der Waals surface area contributed by atoms with Gasteiger partial charge in [-0.05, 0) is 25.0 Å². The molecule has 1 saturated heterocycles. The van der Waals surface area contributed by atoms with E-state index in [-0.39, 0.29) is 0 Å². The van der Waals surface area contributed by atoms with Crippen LogP contribution in [0.3, 0.4) is 0 Å². The molecule has 0 aliphatic carbocycles. The van der Waals surface area contributed by atoms with E-state index in [4.69, 9.17) is 5.11 Å². The minimum Gasteiger partial charge on any atom is -0.480 e. The van der Waals surface area contributed by atoms with Crippen molar-refractivity contribution in [3.05, 3.63) is 24.3 Å². The van der Waals surface area contributed by atoms with Gasteiger partial charge in [-0.2, -0.15) is 0 Å². The minimum atomic E-state index is -0.957. The van der Waals surface area contributed by atoms with Crippen molar-refractivity contribution < 1.29 is 14.7 Å². The van der Waals surface area contributed by atoms with Gasteiger partial charge in [-0.1, -0.05) is 23.5 Å². The highest BCUT2D eigenvalue weighted by Crippen LogP contribution is 2.26. The van der Waals surface area contributed by atoms with Gasteiger partial charge in [0.05, 0.1) is 10.2 Å². The van der Waals surface area contributed by atoms with Crippen molar-refractivity contribution in [1.82, 2.24) is 9.88 Å². The van der Waals surface area contributed by atoms with Crippen LogP contribution in [0.5, 0.6) is 0 Å². The largest absolute Gasteiger partial charge is 0.480 e. The summed E-state index contributed by atoms with van der Waals surface area (Å²) in [6.45, 7) is 0.466. The quantitative estimate of drug-likeness (QED) is 0.890. The first kappa shape index (κ1) is 12.9. The lowest BCUT2D eigenvalue weighted by atomic mass is 10.2. The van der Waals surface area contributed by atoms with E-state index in [2.05, 4.69) is 10.3 Å². The highest BCUT2D eigenvalue weighted by atomic mass is 32.1. The molecule has 2 N–H and O–H groups in total. The molecule has 104 valence electrons. The summed E-state index contributed by atoms with van der Waals surface area (Å²) >= 11 is 1.38. The zero-order chi connectivity index (χ0) is 14.1. The molecule has 2 amide bonds. The minimum absolute atomic E-state index is 0.394. The Bertz CT molecular complexity index is 637. The maximum absolute atomic E-state index is 12.1. The number of nitrogens with one attached hydrogen (secondary N) is 1. The Morgan fingerprint density at radius 1 is 1.40 bits per heavy atom. The van der Waals surface area contributed by atoms with Crippen LogP contribution in [0, 0.1) is 0 Å². The van der Waals surface area contributed by atoms with E-state index in [1.165, 1.54) is 16.2 Å². The first-order valence-corrected chi connectivity index (χ1v) is 7.13. The van der Waals surface area contributed by atoms with Gasteiger partial charge in [0.2, 0.25) is 0 Å². The summed E-state index contributed by atoms with van der Waals surface area (Å²) in [6.07, 6.45) is 1.22. The topological polar surface area (TPSA) is 82.5 Å². The number of amides is 2. The molecule has 1 fully saturated rings. The van der Waals surface area contributed by atoms with Crippen molar-refractivity contribution in [3.63, 3.8) is 0 Å². The summed E-state index contributed by atoms with van der Waals surface area (Å²) < 4.78 is 0.985. The highest BCUT2D eigenvalue weighted by molar-refractivity contribution is 7.22. The molecule has 0 radical (unpaired) electrons. The number of urea groups is 1. The lowest BCUT2D eigenvalue weighted by Crippen LogP contribution is -2.42. The molecule has 1 aliphatic rings. The van der Waals surface area contributed by atoms with E-state index in [0.29, 0.717) is 24.5 Å².